The fraction of sp³-hybridized carbons (Fsp3) is 0.200. The molecule has 0 bridgehead atoms. The molecule has 0 unspecified atom stereocenters. The molecule has 6 aromatic rings. The van der Waals surface area contributed by atoms with Crippen molar-refractivity contribution >= 4 is 16.8 Å². The molecule has 0 atom stereocenters. The van der Waals surface area contributed by atoms with Gasteiger partial charge in [-0.2, -0.15) is 0 Å². The molecule has 44 heavy (non-hydrogen) atoms. The largest absolute Gasteiger partial charge is 0.258 e. The molecule has 7 rings (SSSR count). The van der Waals surface area contributed by atoms with E-state index in [1.165, 1.54) is 16.5 Å². The predicted molar refractivity (Wildman–Crippen MR) is 186 cm³/mol. The van der Waals surface area contributed by atoms with E-state index in [-0.39, 0.29) is 0 Å². The van der Waals surface area contributed by atoms with Crippen molar-refractivity contribution in [3.8, 4) is 45.3 Å². The van der Waals surface area contributed by atoms with Crippen LogP contribution in [0, 0.1) is 13.8 Å². The van der Waals surface area contributed by atoms with E-state index in [2.05, 4.69) is 114 Å². The SMILES string of the molecule is CC.CC.Cc1cc(-c2ccc(-c3nc(-c4ccc5c(c4)C=CCC5)nc(-c4ccc5ccccc5c4)n3)cc2)cc(C)n1. The third kappa shape index (κ3) is 6.65. The number of rotatable bonds is 4. The second-order valence-corrected chi connectivity index (χ2v) is 10.4. The van der Waals surface area contributed by atoms with Crippen LogP contribution in [0.4, 0.5) is 0 Å². The average molecular weight is 577 g/mol. The van der Waals surface area contributed by atoms with Gasteiger partial charge in [-0.1, -0.05) is 113 Å². The van der Waals surface area contributed by atoms with Crippen LogP contribution in [-0.2, 0) is 6.42 Å². The van der Waals surface area contributed by atoms with E-state index >= 15 is 0 Å². The van der Waals surface area contributed by atoms with E-state index in [1.54, 1.807) is 0 Å². The molecule has 0 radical (unpaired) electrons. The van der Waals surface area contributed by atoms with Crippen LogP contribution in [0.1, 0.15) is 56.6 Å². The summed E-state index contributed by atoms with van der Waals surface area (Å²) in [7, 11) is 0. The lowest BCUT2D eigenvalue weighted by atomic mass is 9.95. The van der Waals surface area contributed by atoms with Gasteiger partial charge in [0.2, 0.25) is 0 Å². The number of benzene rings is 4. The molecule has 0 saturated heterocycles. The molecule has 0 aliphatic heterocycles. The highest BCUT2D eigenvalue weighted by atomic mass is 15.0. The summed E-state index contributed by atoms with van der Waals surface area (Å²) in [6, 6.07) is 34.0. The Balaban J connectivity index is 0.000000924. The minimum atomic E-state index is 0.662. The van der Waals surface area contributed by atoms with Crippen LogP contribution in [-0.4, -0.2) is 19.9 Å². The molecular weight excluding hydrogens is 536 g/mol. The van der Waals surface area contributed by atoms with Gasteiger partial charge < -0.3 is 0 Å². The highest BCUT2D eigenvalue weighted by Crippen LogP contribution is 2.30. The number of aromatic nitrogens is 4. The predicted octanol–water partition coefficient (Wildman–Crippen LogP) is 10.7. The first kappa shape index (κ1) is 30.5. The molecule has 2 heterocycles. The van der Waals surface area contributed by atoms with Crippen LogP contribution < -0.4 is 0 Å². The second-order valence-electron chi connectivity index (χ2n) is 10.4. The lowest BCUT2D eigenvalue weighted by Crippen LogP contribution is -2.01. The first-order valence-electron chi connectivity index (χ1n) is 15.7. The number of nitrogens with zero attached hydrogens (tertiary/aromatic N) is 4. The van der Waals surface area contributed by atoms with Crippen LogP contribution in [0.3, 0.4) is 0 Å². The summed E-state index contributed by atoms with van der Waals surface area (Å²) in [6.45, 7) is 12.1. The average Bonchev–Trinajstić information content (AvgIpc) is 3.09. The second kappa shape index (κ2) is 14.0. The van der Waals surface area contributed by atoms with E-state index in [0.717, 1.165) is 57.4 Å². The van der Waals surface area contributed by atoms with Crippen molar-refractivity contribution < 1.29 is 0 Å². The van der Waals surface area contributed by atoms with E-state index < -0.39 is 0 Å². The number of fused-ring (bicyclic) bond motifs is 2. The molecule has 4 aromatic carbocycles. The summed E-state index contributed by atoms with van der Waals surface area (Å²) in [5.74, 6) is 2.01. The third-order valence-electron chi connectivity index (χ3n) is 7.48. The zero-order chi connectivity index (χ0) is 31.1. The molecule has 4 heteroatoms. The van der Waals surface area contributed by atoms with E-state index in [9.17, 15) is 0 Å². The minimum Gasteiger partial charge on any atom is -0.258 e. The Morgan fingerprint density at radius 3 is 1.70 bits per heavy atom. The van der Waals surface area contributed by atoms with Crippen molar-refractivity contribution in [1.29, 1.82) is 0 Å². The minimum absolute atomic E-state index is 0.662. The van der Waals surface area contributed by atoms with Crippen molar-refractivity contribution in [3.63, 3.8) is 0 Å². The van der Waals surface area contributed by atoms with Gasteiger partial charge >= 0.3 is 0 Å². The fourth-order valence-electron chi connectivity index (χ4n) is 5.47. The standard InChI is InChI=1S/C36H28N4.2C2H6/c1-23-19-33(20-24(2)37-23)27-11-15-28(16-12-27)34-38-35(31-17-13-25-7-3-5-9-29(25)21-31)40-36(39-34)32-18-14-26-8-4-6-10-30(26)22-32;2*1-2/h3,5-7,9-22H,4,8H2,1-2H3;2*1-2H3. The molecule has 220 valence electrons. The van der Waals surface area contributed by atoms with Crippen LogP contribution in [0.15, 0.2) is 103 Å². The maximum absolute atomic E-state index is 4.99. The molecule has 0 fully saturated rings. The summed E-state index contributed by atoms with van der Waals surface area (Å²) < 4.78 is 0. The zero-order valence-electron chi connectivity index (χ0n) is 26.6. The van der Waals surface area contributed by atoms with Crippen LogP contribution in [0.2, 0.25) is 0 Å². The summed E-state index contributed by atoms with van der Waals surface area (Å²) in [6.07, 6.45) is 6.59. The maximum Gasteiger partial charge on any atom is 0.164 e. The third-order valence-corrected chi connectivity index (χ3v) is 7.48. The monoisotopic (exact) mass is 576 g/mol. The lowest BCUT2D eigenvalue weighted by molar-refractivity contribution is 0.985. The first-order chi connectivity index (χ1) is 21.6. The smallest absolute Gasteiger partial charge is 0.164 e. The normalized spacial score (nSPS) is 11.6. The number of hydrogen-bond donors (Lipinski definition) is 0. The number of aryl methyl sites for hydroxylation is 3. The quantitative estimate of drug-likeness (QED) is 0.209. The fourth-order valence-corrected chi connectivity index (χ4v) is 5.47. The molecule has 0 N–H and O–H groups in total. The van der Waals surface area contributed by atoms with E-state index in [4.69, 9.17) is 15.0 Å². The van der Waals surface area contributed by atoms with Crippen LogP contribution >= 0.6 is 0 Å². The number of pyridine rings is 1. The molecule has 2 aromatic heterocycles. The summed E-state index contributed by atoms with van der Waals surface area (Å²) in [5, 5.41) is 2.36. The molecular formula is C40H40N4. The van der Waals surface area contributed by atoms with Crippen LogP contribution in [0.25, 0.3) is 62.1 Å². The summed E-state index contributed by atoms with van der Waals surface area (Å²) in [5.41, 5.74) is 9.86. The van der Waals surface area contributed by atoms with Gasteiger partial charge in [-0.05, 0) is 84.0 Å². The molecule has 4 nitrogen and oxygen atoms in total. The van der Waals surface area contributed by atoms with Crippen molar-refractivity contribution in [2.75, 3.05) is 0 Å². The Kier molecular flexibility index (Phi) is 9.71. The van der Waals surface area contributed by atoms with Gasteiger partial charge in [0.25, 0.3) is 0 Å². The van der Waals surface area contributed by atoms with Gasteiger partial charge in [-0.15, -0.1) is 0 Å². The Hall–Kier alpha value is -4.96. The summed E-state index contributed by atoms with van der Waals surface area (Å²) >= 11 is 0. The van der Waals surface area contributed by atoms with E-state index in [1.807, 2.05) is 41.5 Å². The first-order valence-corrected chi connectivity index (χ1v) is 15.7. The molecule has 1 aliphatic rings. The number of allylic oxidation sites excluding steroid dienone is 1. The molecule has 0 spiro atoms. The van der Waals surface area contributed by atoms with Gasteiger partial charge in [0, 0.05) is 28.1 Å². The molecule has 0 saturated carbocycles. The Bertz CT molecular complexity index is 1900. The highest BCUT2D eigenvalue weighted by Gasteiger charge is 2.15. The highest BCUT2D eigenvalue weighted by molar-refractivity contribution is 5.86. The van der Waals surface area contributed by atoms with Gasteiger partial charge in [-0.25, -0.2) is 15.0 Å². The zero-order valence-corrected chi connectivity index (χ0v) is 26.6. The van der Waals surface area contributed by atoms with Gasteiger partial charge in [0.1, 0.15) is 0 Å². The van der Waals surface area contributed by atoms with Crippen molar-refractivity contribution in [1.82, 2.24) is 19.9 Å². The Morgan fingerprint density at radius 2 is 1.02 bits per heavy atom. The molecule has 0 amide bonds. The van der Waals surface area contributed by atoms with Gasteiger partial charge in [0.15, 0.2) is 17.5 Å². The van der Waals surface area contributed by atoms with Gasteiger partial charge in [-0.3, -0.25) is 4.98 Å². The number of hydrogen-bond acceptors (Lipinski definition) is 4. The van der Waals surface area contributed by atoms with Crippen LogP contribution in [0.5, 0.6) is 0 Å². The summed E-state index contributed by atoms with van der Waals surface area (Å²) in [4.78, 5) is 19.5. The Morgan fingerprint density at radius 1 is 0.477 bits per heavy atom. The lowest BCUT2D eigenvalue weighted by Gasteiger charge is -2.13. The topological polar surface area (TPSA) is 51.6 Å². The molecule has 1 aliphatic carbocycles. The Labute approximate surface area is 261 Å². The van der Waals surface area contributed by atoms with Crippen molar-refractivity contribution in [3.05, 3.63) is 126 Å². The van der Waals surface area contributed by atoms with E-state index in [0.29, 0.717) is 17.5 Å². The van der Waals surface area contributed by atoms with Gasteiger partial charge in [0.05, 0.1) is 0 Å². The van der Waals surface area contributed by atoms with Crippen molar-refractivity contribution in [2.45, 2.75) is 54.4 Å². The van der Waals surface area contributed by atoms with Crippen molar-refractivity contribution in [2.24, 2.45) is 0 Å². The maximum atomic E-state index is 4.99.